The first-order valence-electron chi connectivity index (χ1n) is 5.87. The van der Waals surface area contributed by atoms with Crippen LogP contribution in [0.15, 0.2) is 12.3 Å². The fourth-order valence-electron chi connectivity index (χ4n) is 1.68. The Morgan fingerprint density at radius 3 is 2.67 bits per heavy atom. The number of aryl methyl sites for hydroxylation is 1. The van der Waals surface area contributed by atoms with Gasteiger partial charge in [0.15, 0.2) is 0 Å². The van der Waals surface area contributed by atoms with Gasteiger partial charge in [0.05, 0.1) is 11.7 Å². The zero-order valence-corrected chi connectivity index (χ0v) is 10.3. The van der Waals surface area contributed by atoms with E-state index in [9.17, 15) is 0 Å². The van der Waals surface area contributed by atoms with Gasteiger partial charge in [0.1, 0.15) is 0 Å². The van der Waals surface area contributed by atoms with Gasteiger partial charge in [-0.05, 0) is 31.9 Å². The molecule has 1 aromatic heterocycles. The Labute approximate surface area is 92.9 Å². The highest BCUT2D eigenvalue weighted by Crippen LogP contribution is 2.15. The molecule has 0 radical (unpaired) electrons. The highest BCUT2D eigenvalue weighted by Gasteiger charge is 2.15. The molecule has 0 aromatic carbocycles. The summed E-state index contributed by atoms with van der Waals surface area (Å²) in [6.45, 7) is 10.8. The van der Waals surface area contributed by atoms with Gasteiger partial charge in [-0.3, -0.25) is 4.68 Å². The Morgan fingerprint density at radius 1 is 1.47 bits per heavy atom. The van der Waals surface area contributed by atoms with Crippen molar-refractivity contribution in [2.45, 2.75) is 40.2 Å². The van der Waals surface area contributed by atoms with Crippen molar-refractivity contribution in [2.75, 3.05) is 13.1 Å². The van der Waals surface area contributed by atoms with Crippen LogP contribution in [0.2, 0.25) is 0 Å². The second-order valence-corrected chi connectivity index (χ2v) is 4.45. The van der Waals surface area contributed by atoms with Crippen molar-refractivity contribution in [3.05, 3.63) is 18.0 Å². The second-order valence-electron chi connectivity index (χ2n) is 4.45. The molecule has 0 fully saturated rings. The van der Waals surface area contributed by atoms with E-state index in [1.807, 2.05) is 6.92 Å². The van der Waals surface area contributed by atoms with E-state index in [0.29, 0.717) is 12.0 Å². The Balaban J connectivity index is 2.58. The zero-order chi connectivity index (χ0) is 11.3. The van der Waals surface area contributed by atoms with E-state index in [0.717, 1.165) is 18.8 Å². The summed E-state index contributed by atoms with van der Waals surface area (Å²) in [5.74, 6) is 0.605. The maximum absolute atomic E-state index is 4.49. The fraction of sp³-hybridized carbons (Fsp3) is 0.750. The second kappa shape index (κ2) is 5.91. The molecule has 3 heteroatoms. The summed E-state index contributed by atoms with van der Waals surface area (Å²) in [7, 11) is 0. The Bertz CT molecular complexity index is 278. The molecule has 0 spiro atoms. The van der Waals surface area contributed by atoms with Crippen LogP contribution in [0, 0.1) is 12.8 Å². The van der Waals surface area contributed by atoms with Crippen LogP contribution in [-0.4, -0.2) is 22.9 Å². The quantitative estimate of drug-likeness (QED) is 0.729. The molecule has 0 aliphatic heterocycles. The molecule has 1 heterocycles. The molecule has 3 nitrogen and oxygen atoms in total. The van der Waals surface area contributed by atoms with Gasteiger partial charge in [-0.1, -0.05) is 20.8 Å². The maximum atomic E-state index is 4.49. The minimum Gasteiger partial charge on any atom is -0.315 e. The normalized spacial score (nSPS) is 13.4. The molecule has 0 bridgehead atoms. The number of rotatable bonds is 6. The van der Waals surface area contributed by atoms with E-state index in [-0.39, 0.29) is 0 Å². The summed E-state index contributed by atoms with van der Waals surface area (Å²) in [5.41, 5.74) is 1.09. The molecule has 1 atom stereocenters. The lowest BCUT2D eigenvalue weighted by atomic mass is 10.0. The van der Waals surface area contributed by atoms with Crippen molar-refractivity contribution in [3.63, 3.8) is 0 Å². The van der Waals surface area contributed by atoms with Gasteiger partial charge < -0.3 is 5.32 Å². The predicted octanol–water partition coefficient (Wildman–Crippen LogP) is 2.39. The summed E-state index contributed by atoms with van der Waals surface area (Å²) >= 11 is 0. The van der Waals surface area contributed by atoms with Crippen molar-refractivity contribution >= 4 is 0 Å². The molecule has 1 unspecified atom stereocenters. The van der Waals surface area contributed by atoms with Gasteiger partial charge in [0.25, 0.3) is 0 Å². The average Bonchev–Trinajstić information content (AvgIpc) is 2.59. The molecule has 0 aliphatic carbocycles. The first-order chi connectivity index (χ1) is 7.15. The summed E-state index contributed by atoms with van der Waals surface area (Å²) in [5, 5.41) is 7.95. The molecule has 86 valence electrons. The van der Waals surface area contributed by atoms with E-state index in [1.165, 1.54) is 6.42 Å². The molecule has 0 amide bonds. The van der Waals surface area contributed by atoms with E-state index < -0.39 is 0 Å². The number of nitrogens with zero attached hydrogens (tertiary/aromatic N) is 2. The van der Waals surface area contributed by atoms with E-state index >= 15 is 0 Å². The van der Waals surface area contributed by atoms with Crippen molar-refractivity contribution in [3.8, 4) is 0 Å². The smallest absolute Gasteiger partial charge is 0.0666 e. The van der Waals surface area contributed by atoms with Crippen LogP contribution in [0.4, 0.5) is 0 Å². The molecule has 1 aromatic rings. The van der Waals surface area contributed by atoms with Gasteiger partial charge in [0.2, 0.25) is 0 Å². The van der Waals surface area contributed by atoms with Crippen LogP contribution in [0.5, 0.6) is 0 Å². The number of nitrogens with one attached hydrogen (secondary N) is 1. The van der Waals surface area contributed by atoms with E-state index in [1.54, 1.807) is 0 Å². The molecule has 15 heavy (non-hydrogen) atoms. The number of aromatic nitrogens is 2. The van der Waals surface area contributed by atoms with Crippen LogP contribution < -0.4 is 5.32 Å². The first kappa shape index (κ1) is 12.2. The van der Waals surface area contributed by atoms with Crippen LogP contribution in [0.3, 0.4) is 0 Å². The first-order valence-corrected chi connectivity index (χ1v) is 5.87. The standard InChI is InChI=1S/C12H23N3/c1-5-7-13-9-12(10(2)3)15-8-6-11(4)14-15/h6,8,10,12-13H,5,7,9H2,1-4H3. The van der Waals surface area contributed by atoms with Crippen LogP contribution in [0.1, 0.15) is 38.9 Å². The Hall–Kier alpha value is -0.830. The lowest BCUT2D eigenvalue weighted by Crippen LogP contribution is -2.29. The summed E-state index contributed by atoms with van der Waals surface area (Å²) in [6.07, 6.45) is 3.26. The van der Waals surface area contributed by atoms with Crippen LogP contribution in [-0.2, 0) is 0 Å². The van der Waals surface area contributed by atoms with Crippen molar-refractivity contribution in [1.29, 1.82) is 0 Å². The molecule has 0 saturated heterocycles. The van der Waals surface area contributed by atoms with Crippen molar-refractivity contribution in [1.82, 2.24) is 15.1 Å². The van der Waals surface area contributed by atoms with E-state index in [2.05, 4.69) is 48.1 Å². The predicted molar refractivity (Wildman–Crippen MR) is 64.0 cm³/mol. The topological polar surface area (TPSA) is 29.9 Å². The highest BCUT2D eigenvalue weighted by atomic mass is 15.3. The number of hydrogen-bond donors (Lipinski definition) is 1. The lowest BCUT2D eigenvalue weighted by Gasteiger charge is -2.21. The van der Waals surface area contributed by atoms with Gasteiger partial charge in [-0.15, -0.1) is 0 Å². The number of hydrogen-bond acceptors (Lipinski definition) is 2. The Morgan fingerprint density at radius 2 is 2.20 bits per heavy atom. The molecule has 0 aliphatic rings. The third kappa shape index (κ3) is 3.67. The van der Waals surface area contributed by atoms with E-state index in [4.69, 9.17) is 0 Å². The molecule has 1 N–H and O–H groups in total. The summed E-state index contributed by atoms with van der Waals surface area (Å²) in [6, 6.07) is 2.53. The van der Waals surface area contributed by atoms with Gasteiger partial charge in [-0.2, -0.15) is 5.10 Å². The lowest BCUT2D eigenvalue weighted by molar-refractivity contribution is 0.329. The molecule has 1 rings (SSSR count). The minimum absolute atomic E-state index is 0.463. The van der Waals surface area contributed by atoms with Crippen molar-refractivity contribution in [2.24, 2.45) is 5.92 Å². The fourth-order valence-corrected chi connectivity index (χ4v) is 1.68. The molecular weight excluding hydrogens is 186 g/mol. The summed E-state index contributed by atoms with van der Waals surface area (Å²) in [4.78, 5) is 0. The third-order valence-electron chi connectivity index (χ3n) is 2.63. The zero-order valence-electron chi connectivity index (χ0n) is 10.3. The molecule has 0 saturated carbocycles. The largest absolute Gasteiger partial charge is 0.315 e. The van der Waals surface area contributed by atoms with Gasteiger partial charge in [0, 0.05) is 12.7 Å². The highest BCUT2D eigenvalue weighted by molar-refractivity contribution is 4.96. The Kier molecular flexibility index (Phi) is 4.82. The van der Waals surface area contributed by atoms with Crippen LogP contribution in [0.25, 0.3) is 0 Å². The van der Waals surface area contributed by atoms with Gasteiger partial charge >= 0.3 is 0 Å². The monoisotopic (exact) mass is 209 g/mol. The van der Waals surface area contributed by atoms with Gasteiger partial charge in [-0.25, -0.2) is 0 Å². The van der Waals surface area contributed by atoms with Crippen LogP contribution >= 0.6 is 0 Å². The average molecular weight is 209 g/mol. The summed E-state index contributed by atoms with van der Waals surface area (Å²) < 4.78 is 2.09. The maximum Gasteiger partial charge on any atom is 0.0666 e. The molecular formula is C12H23N3. The van der Waals surface area contributed by atoms with Crippen molar-refractivity contribution < 1.29 is 0 Å². The third-order valence-corrected chi connectivity index (χ3v) is 2.63. The SMILES string of the molecule is CCCNCC(C(C)C)n1ccc(C)n1. The minimum atomic E-state index is 0.463.